The predicted molar refractivity (Wildman–Crippen MR) is 113 cm³/mol. The highest BCUT2D eigenvalue weighted by Gasteiger charge is 2.40. The maximum absolute atomic E-state index is 12.1. The van der Waals surface area contributed by atoms with E-state index in [1.165, 1.54) is 5.69 Å². The zero-order valence-corrected chi connectivity index (χ0v) is 18.9. The molecular formula is C16H30IN5O2S. The Hall–Kier alpha value is -0.840. The number of rotatable bonds is 4. The van der Waals surface area contributed by atoms with Crippen LogP contribution in [0.15, 0.2) is 11.1 Å². The van der Waals surface area contributed by atoms with Crippen LogP contribution in [-0.4, -0.2) is 66.2 Å². The van der Waals surface area contributed by atoms with Gasteiger partial charge >= 0.3 is 0 Å². The lowest BCUT2D eigenvalue weighted by Crippen LogP contribution is -2.57. The van der Waals surface area contributed by atoms with Crippen molar-refractivity contribution in [2.24, 2.45) is 4.99 Å². The Morgan fingerprint density at radius 2 is 2.08 bits per heavy atom. The number of aryl methyl sites for hydroxylation is 3. The molecule has 7 nitrogen and oxygen atoms in total. The standard InChI is InChI=1S/C16H29N5O2S.HI/c1-13-11-14(2)21(19-13)8-6-7-18-15(17-5)20-9-10-24(22,23)16(3,4)12-20;/h11H,6-10,12H2,1-5H3,(H,17,18);1H. The third-order valence-corrected chi connectivity index (χ3v) is 7.02. The van der Waals surface area contributed by atoms with Crippen LogP contribution in [0, 0.1) is 13.8 Å². The largest absolute Gasteiger partial charge is 0.356 e. The van der Waals surface area contributed by atoms with Crippen molar-refractivity contribution in [2.45, 2.75) is 45.4 Å². The second-order valence-electron chi connectivity index (χ2n) is 6.98. The number of hydrogen-bond acceptors (Lipinski definition) is 4. The van der Waals surface area contributed by atoms with Crippen molar-refractivity contribution in [1.29, 1.82) is 0 Å². The van der Waals surface area contributed by atoms with Crippen molar-refractivity contribution >= 4 is 39.8 Å². The molecule has 0 saturated carbocycles. The van der Waals surface area contributed by atoms with Gasteiger partial charge in [0.05, 0.1) is 16.2 Å². The fourth-order valence-corrected chi connectivity index (χ4v) is 4.35. The van der Waals surface area contributed by atoms with Gasteiger partial charge in [-0.1, -0.05) is 0 Å². The van der Waals surface area contributed by atoms with Gasteiger partial charge in [-0.2, -0.15) is 5.10 Å². The molecule has 0 atom stereocenters. The number of halogens is 1. The molecule has 0 bridgehead atoms. The van der Waals surface area contributed by atoms with Crippen molar-refractivity contribution < 1.29 is 8.42 Å². The Bertz CT molecular complexity index is 712. The summed E-state index contributed by atoms with van der Waals surface area (Å²) in [5.74, 6) is 0.943. The summed E-state index contributed by atoms with van der Waals surface area (Å²) in [4.78, 5) is 6.34. The molecular weight excluding hydrogens is 453 g/mol. The molecule has 1 fully saturated rings. The van der Waals surface area contributed by atoms with Crippen molar-refractivity contribution in [3.8, 4) is 0 Å². The Labute approximate surface area is 168 Å². The van der Waals surface area contributed by atoms with Gasteiger partial charge in [0.25, 0.3) is 0 Å². The minimum Gasteiger partial charge on any atom is -0.356 e. The SMILES string of the molecule is CN=C(NCCCn1nc(C)cc1C)N1CCS(=O)(=O)C(C)(C)C1.I. The van der Waals surface area contributed by atoms with E-state index in [0.717, 1.165) is 31.2 Å². The summed E-state index contributed by atoms with van der Waals surface area (Å²) >= 11 is 0. The van der Waals surface area contributed by atoms with E-state index in [1.807, 2.05) is 16.5 Å². The summed E-state index contributed by atoms with van der Waals surface area (Å²) in [7, 11) is -1.30. The molecule has 1 saturated heterocycles. The first-order chi connectivity index (χ1) is 11.2. The van der Waals surface area contributed by atoms with Gasteiger partial charge in [-0.05, 0) is 40.2 Å². The molecule has 1 aromatic rings. The monoisotopic (exact) mass is 483 g/mol. The van der Waals surface area contributed by atoms with Gasteiger partial charge in [0.2, 0.25) is 0 Å². The van der Waals surface area contributed by atoms with Crippen LogP contribution in [0.3, 0.4) is 0 Å². The summed E-state index contributed by atoms with van der Waals surface area (Å²) in [5.41, 5.74) is 2.20. The molecule has 0 aromatic carbocycles. The van der Waals surface area contributed by atoms with Crippen LogP contribution >= 0.6 is 24.0 Å². The maximum atomic E-state index is 12.1. The average Bonchev–Trinajstić information content (AvgIpc) is 2.80. The van der Waals surface area contributed by atoms with E-state index in [2.05, 4.69) is 28.4 Å². The van der Waals surface area contributed by atoms with Crippen LogP contribution in [0.1, 0.15) is 31.7 Å². The first kappa shape index (κ1) is 22.2. The lowest BCUT2D eigenvalue weighted by Gasteiger charge is -2.39. The van der Waals surface area contributed by atoms with E-state index in [9.17, 15) is 8.42 Å². The molecule has 1 N–H and O–H groups in total. The van der Waals surface area contributed by atoms with Crippen molar-refractivity contribution in [3.05, 3.63) is 17.5 Å². The Morgan fingerprint density at radius 1 is 1.40 bits per heavy atom. The van der Waals surface area contributed by atoms with Crippen LogP contribution in [0.2, 0.25) is 0 Å². The quantitative estimate of drug-likeness (QED) is 0.305. The highest BCUT2D eigenvalue weighted by atomic mass is 127. The summed E-state index contributed by atoms with van der Waals surface area (Å²) in [6, 6.07) is 2.07. The third kappa shape index (κ3) is 5.32. The van der Waals surface area contributed by atoms with Gasteiger partial charge < -0.3 is 10.2 Å². The van der Waals surface area contributed by atoms with Gasteiger partial charge in [0, 0.05) is 38.9 Å². The Morgan fingerprint density at radius 3 is 2.60 bits per heavy atom. The van der Waals surface area contributed by atoms with Crippen molar-refractivity contribution in [1.82, 2.24) is 20.0 Å². The normalized spacial score (nSPS) is 19.4. The number of aliphatic imine (C=N–C) groups is 1. The van der Waals surface area contributed by atoms with E-state index in [-0.39, 0.29) is 29.7 Å². The van der Waals surface area contributed by atoms with Crippen molar-refractivity contribution in [2.75, 3.05) is 32.4 Å². The Kier molecular flexibility index (Phi) is 7.72. The van der Waals surface area contributed by atoms with E-state index in [0.29, 0.717) is 13.1 Å². The number of aromatic nitrogens is 2. The molecule has 0 unspecified atom stereocenters. The molecule has 1 aliphatic rings. The zero-order chi connectivity index (χ0) is 18.0. The summed E-state index contributed by atoms with van der Waals surface area (Å²) < 4.78 is 25.5. The minimum absolute atomic E-state index is 0. The van der Waals surface area contributed by atoms with E-state index in [4.69, 9.17) is 0 Å². The topological polar surface area (TPSA) is 79.6 Å². The molecule has 0 amide bonds. The Balaban J connectivity index is 0.00000312. The third-order valence-electron chi connectivity index (χ3n) is 4.49. The second kappa shape index (κ2) is 8.70. The fraction of sp³-hybridized carbons (Fsp3) is 0.750. The van der Waals surface area contributed by atoms with Gasteiger partial charge in [-0.3, -0.25) is 9.67 Å². The molecule has 2 rings (SSSR count). The summed E-state index contributed by atoms with van der Waals surface area (Å²) in [5, 5.41) is 7.79. The molecule has 25 heavy (non-hydrogen) atoms. The number of hydrogen-bond donors (Lipinski definition) is 1. The van der Waals surface area contributed by atoms with E-state index < -0.39 is 14.6 Å². The number of nitrogens with zero attached hydrogens (tertiary/aromatic N) is 4. The highest BCUT2D eigenvalue weighted by Crippen LogP contribution is 2.23. The van der Waals surface area contributed by atoms with Crippen LogP contribution in [0.25, 0.3) is 0 Å². The number of sulfone groups is 1. The first-order valence-corrected chi connectivity index (χ1v) is 10.0. The van der Waals surface area contributed by atoms with E-state index in [1.54, 1.807) is 20.9 Å². The van der Waals surface area contributed by atoms with Gasteiger partial charge in [0.15, 0.2) is 15.8 Å². The maximum Gasteiger partial charge on any atom is 0.193 e. The first-order valence-electron chi connectivity index (χ1n) is 8.35. The molecule has 2 heterocycles. The molecule has 9 heteroatoms. The van der Waals surface area contributed by atoms with Crippen LogP contribution in [0.4, 0.5) is 0 Å². The van der Waals surface area contributed by atoms with Gasteiger partial charge in [-0.25, -0.2) is 8.42 Å². The highest BCUT2D eigenvalue weighted by molar-refractivity contribution is 14.0. The van der Waals surface area contributed by atoms with Gasteiger partial charge in [0.1, 0.15) is 0 Å². The number of nitrogens with one attached hydrogen (secondary N) is 1. The summed E-state index contributed by atoms with van der Waals surface area (Å²) in [6.45, 7) is 10.2. The molecule has 0 aliphatic carbocycles. The van der Waals surface area contributed by atoms with Gasteiger partial charge in [-0.15, -0.1) is 24.0 Å². The molecule has 1 aliphatic heterocycles. The number of guanidine groups is 1. The summed E-state index contributed by atoms with van der Waals surface area (Å²) in [6.07, 6.45) is 0.927. The fourth-order valence-electron chi connectivity index (χ4n) is 2.99. The minimum atomic E-state index is -3.04. The lowest BCUT2D eigenvalue weighted by molar-refractivity contribution is 0.352. The molecule has 0 spiro atoms. The lowest BCUT2D eigenvalue weighted by atomic mass is 10.2. The zero-order valence-electron chi connectivity index (χ0n) is 15.7. The predicted octanol–water partition coefficient (Wildman–Crippen LogP) is 1.59. The van der Waals surface area contributed by atoms with E-state index >= 15 is 0 Å². The smallest absolute Gasteiger partial charge is 0.193 e. The van der Waals surface area contributed by atoms with Crippen LogP contribution < -0.4 is 5.32 Å². The second-order valence-corrected chi connectivity index (χ2v) is 9.72. The molecule has 1 aromatic heterocycles. The molecule has 144 valence electrons. The molecule has 0 radical (unpaired) electrons. The van der Waals surface area contributed by atoms with Crippen LogP contribution in [-0.2, 0) is 16.4 Å². The van der Waals surface area contributed by atoms with Crippen molar-refractivity contribution in [3.63, 3.8) is 0 Å². The average molecular weight is 483 g/mol. The van der Waals surface area contributed by atoms with Crippen LogP contribution in [0.5, 0.6) is 0 Å².